The van der Waals surface area contributed by atoms with Crippen LogP contribution in [-0.4, -0.2) is 19.1 Å². The molecular weight excluding hydrogens is 265 g/mol. The maximum atomic E-state index is 13.9. The summed E-state index contributed by atoms with van der Waals surface area (Å²) in [6.45, 7) is 4.57. The van der Waals surface area contributed by atoms with Gasteiger partial charge in [-0.2, -0.15) is 0 Å². The van der Waals surface area contributed by atoms with E-state index >= 15 is 0 Å². The van der Waals surface area contributed by atoms with E-state index in [1.165, 1.54) is 0 Å². The van der Waals surface area contributed by atoms with Crippen LogP contribution in [0.5, 0.6) is 0 Å². The summed E-state index contributed by atoms with van der Waals surface area (Å²) >= 11 is 0. The van der Waals surface area contributed by atoms with Gasteiger partial charge in [-0.15, -0.1) is 0 Å². The van der Waals surface area contributed by atoms with Crippen LogP contribution in [0.15, 0.2) is 36.7 Å². The quantitative estimate of drug-likeness (QED) is 0.913. The van der Waals surface area contributed by atoms with Crippen molar-refractivity contribution in [1.82, 2.24) is 10.3 Å². The van der Waals surface area contributed by atoms with Gasteiger partial charge < -0.3 is 10.2 Å². The number of hydrogen-bond acceptors (Lipinski definition) is 3. The van der Waals surface area contributed by atoms with Gasteiger partial charge in [0.2, 0.25) is 0 Å². The van der Waals surface area contributed by atoms with E-state index in [1.54, 1.807) is 19.2 Å². The SMILES string of the molecule is CNC(C)c1cc(F)c(C)cc1N(C)Cc1cccnc1. The van der Waals surface area contributed by atoms with Crippen LogP contribution in [0.1, 0.15) is 29.7 Å². The largest absolute Gasteiger partial charge is 0.370 e. The van der Waals surface area contributed by atoms with Crippen LogP contribution in [0, 0.1) is 12.7 Å². The summed E-state index contributed by atoms with van der Waals surface area (Å²) < 4.78 is 13.9. The zero-order valence-corrected chi connectivity index (χ0v) is 13.0. The van der Waals surface area contributed by atoms with Crippen molar-refractivity contribution in [1.29, 1.82) is 0 Å². The van der Waals surface area contributed by atoms with Gasteiger partial charge in [0.05, 0.1) is 0 Å². The molecule has 0 saturated heterocycles. The number of hydrogen-bond donors (Lipinski definition) is 1. The van der Waals surface area contributed by atoms with Crippen LogP contribution in [0.2, 0.25) is 0 Å². The number of pyridine rings is 1. The molecule has 0 amide bonds. The molecule has 0 aliphatic heterocycles. The van der Waals surface area contributed by atoms with Crippen molar-refractivity contribution in [2.75, 3.05) is 19.0 Å². The van der Waals surface area contributed by atoms with E-state index in [1.807, 2.05) is 45.4 Å². The average molecular weight is 287 g/mol. The third-order valence-electron chi connectivity index (χ3n) is 3.76. The molecular formula is C17H22FN3. The maximum absolute atomic E-state index is 13.9. The Labute approximate surface area is 125 Å². The van der Waals surface area contributed by atoms with Crippen molar-refractivity contribution in [2.45, 2.75) is 26.4 Å². The first kappa shape index (κ1) is 15.4. The van der Waals surface area contributed by atoms with E-state index in [2.05, 4.69) is 15.2 Å². The zero-order chi connectivity index (χ0) is 15.4. The zero-order valence-electron chi connectivity index (χ0n) is 13.0. The molecule has 0 bridgehead atoms. The molecule has 3 nitrogen and oxygen atoms in total. The third-order valence-corrected chi connectivity index (χ3v) is 3.76. The van der Waals surface area contributed by atoms with E-state index in [9.17, 15) is 4.39 Å². The molecule has 1 atom stereocenters. The number of aryl methyl sites for hydroxylation is 1. The van der Waals surface area contributed by atoms with Gasteiger partial charge in [0.25, 0.3) is 0 Å². The van der Waals surface area contributed by atoms with Crippen molar-refractivity contribution < 1.29 is 4.39 Å². The van der Waals surface area contributed by atoms with Crippen molar-refractivity contribution in [3.05, 3.63) is 59.2 Å². The molecule has 1 aromatic carbocycles. The minimum Gasteiger partial charge on any atom is -0.370 e. The van der Waals surface area contributed by atoms with Crippen LogP contribution >= 0.6 is 0 Å². The van der Waals surface area contributed by atoms with Crippen LogP contribution in [0.4, 0.5) is 10.1 Å². The molecule has 0 saturated carbocycles. The molecule has 0 aliphatic carbocycles. The summed E-state index contributed by atoms with van der Waals surface area (Å²) in [7, 11) is 3.90. The Kier molecular flexibility index (Phi) is 4.91. The highest BCUT2D eigenvalue weighted by Gasteiger charge is 2.15. The number of nitrogens with zero attached hydrogens (tertiary/aromatic N) is 2. The van der Waals surface area contributed by atoms with Crippen molar-refractivity contribution in [3.63, 3.8) is 0 Å². The first-order valence-corrected chi connectivity index (χ1v) is 7.10. The second-order valence-corrected chi connectivity index (χ2v) is 5.39. The minimum atomic E-state index is -0.161. The fraction of sp³-hybridized carbons (Fsp3) is 0.353. The highest BCUT2D eigenvalue weighted by atomic mass is 19.1. The fourth-order valence-corrected chi connectivity index (χ4v) is 2.37. The van der Waals surface area contributed by atoms with Gasteiger partial charge in [-0.1, -0.05) is 6.07 Å². The summed E-state index contributed by atoms with van der Waals surface area (Å²) in [6.07, 6.45) is 3.62. The smallest absolute Gasteiger partial charge is 0.126 e. The topological polar surface area (TPSA) is 28.2 Å². The van der Waals surface area contributed by atoms with Gasteiger partial charge in [-0.3, -0.25) is 4.98 Å². The summed E-state index contributed by atoms with van der Waals surface area (Å²) in [6, 6.07) is 7.60. The molecule has 0 aliphatic rings. The number of anilines is 1. The molecule has 1 N–H and O–H groups in total. The van der Waals surface area contributed by atoms with Crippen molar-refractivity contribution in [3.8, 4) is 0 Å². The average Bonchev–Trinajstić information content (AvgIpc) is 2.49. The number of halogens is 1. The van der Waals surface area contributed by atoms with Crippen LogP contribution in [0.3, 0.4) is 0 Å². The second-order valence-electron chi connectivity index (χ2n) is 5.39. The monoisotopic (exact) mass is 287 g/mol. The fourth-order valence-electron chi connectivity index (χ4n) is 2.37. The van der Waals surface area contributed by atoms with E-state index in [0.29, 0.717) is 5.56 Å². The Hall–Kier alpha value is -1.94. The van der Waals surface area contributed by atoms with Gasteiger partial charge in [0.1, 0.15) is 5.82 Å². The van der Waals surface area contributed by atoms with E-state index < -0.39 is 0 Å². The Bertz CT molecular complexity index is 598. The lowest BCUT2D eigenvalue weighted by Gasteiger charge is -2.26. The molecule has 0 radical (unpaired) electrons. The summed E-state index contributed by atoms with van der Waals surface area (Å²) in [5.74, 6) is -0.161. The molecule has 2 aromatic rings. The Balaban J connectivity index is 2.35. The van der Waals surface area contributed by atoms with Gasteiger partial charge in [0.15, 0.2) is 0 Å². The lowest BCUT2D eigenvalue weighted by molar-refractivity contribution is 0.600. The minimum absolute atomic E-state index is 0.0893. The first-order valence-electron chi connectivity index (χ1n) is 7.10. The number of benzene rings is 1. The van der Waals surface area contributed by atoms with Crippen LogP contribution < -0.4 is 10.2 Å². The highest BCUT2D eigenvalue weighted by molar-refractivity contribution is 5.57. The Morgan fingerprint density at radius 3 is 2.76 bits per heavy atom. The van der Waals surface area contributed by atoms with Gasteiger partial charge in [-0.05, 0) is 55.8 Å². The Morgan fingerprint density at radius 2 is 2.14 bits per heavy atom. The maximum Gasteiger partial charge on any atom is 0.126 e. The van der Waals surface area contributed by atoms with Crippen LogP contribution in [0.25, 0.3) is 0 Å². The van der Waals surface area contributed by atoms with Crippen molar-refractivity contribution in [2.24, 2.45) is 0 Å². The van der Waals surface area contributed by atoms with E-state index in [-0.39, 0.29) is 11.9 Å². The lowest BCUT2D eigenvalue weighted by Crippen LogP contribution is -2.22. The summed E-state index contributed by atoms with van der Waals surface area (Å²) in [5, 5.41) is 3.18. The molecule has 1 heterocycles. The van der Waals surface area contributed by atoms with Crippen LogP contribution in [-0.2, 0) is 6.54 Å². The molecule has 1 unspecified atom stereocenters. The molecule has 21 heavy (non-hydrogen) atoms. The Morgan fingerprint density at radius 1 is 1.38 bits per heavy atom. The molecule has 0 fully saturated rings. The second kappa shape index (κ2) is 6.68. The third kappa shape index (κ3) is 3.58. The first-order chi connectivity index (χ1) is 10.0. The number of nitrogens with one attached hydrogen (secondary N) is 1. The predicted molar refractivity (Wildman–Crippen MR) is 85.0 cm³/mol. The van der Waals surface area contributed by atoms with Gasteiger partial charge in [0, 0.05) is 37.7 Å². The molecule has 4 heteroatoms. The van der Waals surface area contributed by atoms with E-state index in [4.69, 9.17) is 0 Å². The highest BCUT2D eigenvalue weighted by Crippen LogP contribution is 2.29. The standard InChI is InChI=1S/C17H22FN3/c1-12-8-17(15(9-16(12)18)13(2)19-3)21(4)11-14-6-5-7-20-10-14/h5-10,13,19H,11H2,1-4H3. The van der Waals surface area contributed by atoms with Crippen molar-refractivity contribution >= 4 is 5.69 Å². The number of aromatic nitrogens is 1. The normalized spacial score (nSPS) is 12.2. The summed E-state index contributed by atoms with van der Waals surface area (Å²) in [4.78, 5) is 6.27. The molecule has 2 rings (SSSR count). The lowest BCUT2D eigenvalue weighted by atomic mass is 10.0. The van der Waals surface area contributed by atoms with E-state index in [0.717, 1.165) is 23.4 Å². The molecule has 1 aromatic heterocycles. The molecule has 112 valence electrons. The van der Waals surface area contributed by atoms with Gasteiger partial charge >= 0.3 is 0 Å². The van der Waals surface area contributed by atoms with Gasteiger partial charge in [-0.25, -0.2) is 4.39 Å². The number of rotatable bonds is 5. The summed E-state index contributed by atoms with van der Waals surface area (Å²) in [5.41, 5.74) is 3.80. The molecule has 0 spiro atoms. The predicted octanol–water partition coefficient (Wildman–Crippen LogP) is 3.45.